The van der Waals surface area contributed by atoms with Gasteiger partial charge in [0.1, 0.15) is 0 Å². The van der Waals surface area contributed by atoms with E-state index in [4.69, 9.17) is 11.6 Å². The first-order chi connectivity index (χ1) is 14.4. The number of hydrogen-bond acceptors (Lipinski definition) is 3. The fourth-order valence-electron chi connectivity index (χ4n) is 3.92. The van der Waals surface area contributed by atoms with Crippen molar-refractivity contribution in [1.29, 1.82) is 0 Å². The second-order valence-electron chi connectivity index (χ2n) is 7.39. The molecule has 2 aromatic carbocycles. The zero-order valence-electron chi connectivity index (χ0n) is 16.7. The van der Waals surface area contributed by atoms with E-state index in [1.807, 2.05) is 12.1 Å². The Labute approximate surface area is 190 Å². The van der Waals surface area contributed by atoms with E-state index in [9.17, 15) is 13.6 Å². The van der Waals surface area contributed by atoms with Gasteiger partial charge in [-0.1, -0.05) is 29.8 Å². The fourth-order valence-corrected chi connectivity index (χ4v) is 4.19. The van der Waals surface area contributed by atoms with Crippen LogP contribution in [-0.4, -0.2) is 34.8 Å². The highest BCUT2D eigenvalue weighted by atomic mass is 35.5. The van der Waals surface area contributed by atoms with E-state index in [-0.39, 0.29) is 30.3 Å². The monoisotopic (exact) mass is 466 g/mol. The minimum absolute atomic E-state index is 0. The van der Waals surface area contributed by atoms with Crippen LogP contribution < -0.4 is 10.6 Å². The highest BCUT2D eigenvalue weighted by molar-refractivity contribution is 6.33. The molecule has 164 valence electrons. The molecule has 0 radical (unpaired) electrons. The van der Waals surface area contributed by atoms with Gasteiger partial charge in [0, 0.05) is 36.7 Å². The third-order valence-electron chi connectivity index (χ3n) is 5.49. The maximum absolute atomic E-state index is 13.7. The summed E-state index contributed by atoms with van der Waals surface area (Å²) in [4.78, 5) is 12.8. The van der Waals surface area contributed by atoms with Crippen LogP contribution in [0.3, 0.4) is 0 Å². The summed E-state index contributed by atoms with van der Waals surface area (Å²) in [6.07, 6.45) is 2.29. The van der Waals surface area contributed by atoms with E-state index in [1.54, 1.807) is 36.1 Å². The summed E-state index contributed by atoms with van der Waals surface area (Å²) in [5.74, 6) is -2.07. The zero-order valence-corrected chi connectivity index (χ0v) is 18.3. The van der Waals surface area contributed by atoms with Crippen molar-refractivity contribution >= 4 is 29.9 Å². The van der Waals surface area contributed by atoms with E-state index in [0.717, 1.165) is 23.9 Å². The fraction of sp³-hybridized carbons (Fsp3) is 0.273. The quantitative estimate of drug-likeness (QED) is 0.601. The molecule has 31 heavy (non-hydrogen) atoms. The first-order valence-corrected chi connectivity index (χ1v) is 10.1. The van der Waals surface area contributed by atoms with Gasteiger partial charge in [0.15, 0.2) is 11.6 Å². The Balaban J connectivity index is 0.00000272. The minimum atomic E-state index is -0.875. The van der Waals surface area contributed by atoms with Crippen LogP contribution in [0.1, 0.15) is 28.3 Å². The number of benzene rings is 2. The summed E-state index contributed by atoms with van der Waals surface area (Å²) in [6.45, 7) is 1.30. The van der Waals surface area contributed by atoms with Crippen molar-refractivity contribution in [2.75, 3.05) is 13.1 Å². The van der Waals surface area contributed by atoms with E-state index >= 15 is 0 Å². The standard InChI is InChI=1S/C22H21ClF2N4O.ClH/c1-29-21(17(23)11-27-29)13-2-4-14(5-3-13)22(30)28-20-12-26-9-8-16(20)15-6-7-18(24)19(25)10-15;/h2-7,10-11,16,20,26H,8-9,12H2,1H3,(H,28,30);1H/t16-,20+;/m0./s1. The number of rotatable bonds is 4. The van der Waals surface area contributed by atoms with Gasteiger partial charge in [-0.05, 0) is 42.8 Å². The van der Waals surface area contributed by atoms with Crippen LogP contribution >= 0.6 is 24.0 Å². The lowest BCUT2D eigenvalue weighted by Gasteiger charge is -2.33. The van der Waals surface area contributed by atoms with Crippen molar-refractivity contribution in [2.24, 2.45) is 7.05 Å². The maximum Gasteiger partial charge on any atom is 0.251 e. The topological polar surface area (TPSA) is 59.0 Å². The number of aromatic nitrogens is 2. The zero-order chi connectivity index (χ0) is 21.3. The molecule has 1 aromatic heterocycles. The Morgan fingerprint density at radius 1 is 1.19 bits per heavy atom. The highest BCUT2D eigenvalue weighted by Gasteiger charge is 2.28. The second-order valence-corrected chi connectivity index (χ2v) is 7.80. The SMILES string of the molecule is Cl.Cn1ncc(Cl)c1-c1ccc(C(=O)N[C@@H]2CNCC[C@H]2c2ccc(F)c(F)c2)cc1. The summed E-state index contributed by atoms with van der Waals surface area (Å²) in [5.41, 5.74) is 2.82. The number of aryl methyl sites for hydroxylation is 1. The smallest absolute Gasteiger partial charge is 0.251 e. The number of hydrogen-bond donors (Lipinski definition) is 2. The molecule has 0 saturated carbocycles. The molecule has 2 N–H and O–H groups in total. The summed E-state index contributed by atoms with van der Waals surface area (Å²) >= 11 is 6.19. The predicted octanol–water partition coefficient (Wildman–Crippen LogP) is 4.32. The Hall–Kier alpha value is -2.48. The molecule has 0 unspecified atom stereocenters. The lowest BCUT2D eigenvalue weighted by molar-refractivity contribution is 0.0924. The molecule has 0 bridgehead atoms. The molecular formula is C22H22Cl2F2N4O. The Morgan fingerprint density at radius 3 is 2.58 bits per heavy atom. The number of nitrogens with one attached hydrogen (secondary N) is 2. The Bertz CT molecular complexity index is 1050. The number of piperidine rings is 1. The van der Waals surface area contributed by atoms with Crippen molar-refractivity contribution in [3.8, 4) is 11.3 Å². The van der Waals surface area contributed by atoms with Gasteiger partial charge >= 0.3 is 0 Å². The van der Waals surface area contributed by atoms with Crippen LogP contribution in [0.5, 0.6) is 0 Å². The number of carbonyl (C=O) groups excluding carboxylic acids is 1. The molecule has 2 heterocycles. The van der Waals surface area contributed by atoms with Crippen LogP contribution in [0.25, 0.3) is 11.3 Å². The number of carbonyl (C=O) groups is 1. The van der Waals surface area contributed by atoms with Crippen molar-refractivity contribution in [3.05, 3.63) is 76.4 Å². The second kappa shape index (κ2) is 9.77. The van der Waals surface area contributed by atoms with Gasteiger partial charge in [-0.15, -0.1) is 12.4 Å². The molecule has 4 rings (SSSR count). The van der Waals surface area contributed by atoms with Gasteiger partial charge in [0.2, 0.25) is 0 Å². The largest absolute Gasteiger partial charge is 0.347 e. The minimum Gasteiger partial charge on any atom is -0.347 e. The first-order valence-electron chi connectivity index (χ1n) is 9.68. The van der Waals surface area contributed by atoms with Crippen molar-refractivity contribution < 1.29 is 13.6 Å². The van der Waals surface area contributed by atoms with Crippen LogP contribution in [0, 0.1) is 11.6 Å². The predicted molar refractivity (Wildman–Crippen MR) is 119 cm³/mol. The molecule has 2 atom stereocenters. The van der Waals surface area contributed by atoms with E-state index in [1.165, 1.54) is 6.07 Å². The maximum atomic E-state index is 13.7. The van der Waals surface area contributed by atoms with Crippen LogP contribution in [0.4, 0.5) is 8.78 Å². The molecule has 9 heteroatoms. The molecular weight excluding hydrogens is 445 g/mol. The Kier molecular flexibility index (Phi) is 7.30. The van der Waals surface area contributed by atoms with E-state index < -0.39 is 11.6 Å². The number of nitrogens with zero attached hydrogens (tertiary/aromatic N) is 2. The van der Waals surface area contributed by atoms with Gasteiger partial charge in [-0.3, -0.25) is 9.48 Å². The van der Waals surface area contributed by atoms with Gasteiger partial charge in [-0.25, -0.2) is 8.78 Å². The van der Waals surface area contributed by atoms with Gasteiger partial charge in [0.25, 0.3) is 5.91 Å². The third kappa shape index (κ3) is 4.89. The molecule has 0 spiro atoms. The lowest BCUT2D eigenvalue weighted by atomic mass is 9.85. The summed E-state index contributed by atoms with van der Waals surface area (Å²) in [5, 5.41) is 10.9. The molecule has 1 saturated heterocycles. The van der Waals surface area contributed by atoms with Crippen LogP contribution in [-0.2, 0) is 7.05 Å². The molecule has 1 fully saturated rings. The van der Waals surface area contributed by atoms with Crippen LogP contribution in [0.2, 0.25) is 5.02 Å². The molecule has 1 aliphatic heterocycles. The number of halogens is 4. The van der Waals surface area contributed by atoms with E-state index in [2.05, 4.69) is 15.7 Å². The molecule has 3 aromatic rings. The van der Waals surface area contributed by atoms with Crippen molar-refractivity contribution in [2.45, 2.75) is 18.4 Å². The molecule has 1 aliphatic rings. The van der Waals surface area contributed by atoms with Crippen molar-refractivity contribution in [3.63, 3.8) is 0 Å². The van der Waals surface area contributed by atoms with Crippen LogP contribution in [0.15, 0.2) is 48.7 Å². The first kappa shape index (κ1) is 23.2. The van der Waals surface area contributed by atoms with Gasteiger partial charge in [0.05, 0.1) is 16.9 Å². The summed E-state index contributed by atoms with van der Waals surface area (Å²) in [7, 11) is 1.80. The number of amides is 1. The summed E-state index contributed by atoms with van der Waals surface area (Å²) < 4.78 is 28.7. The molecule has 5 nitrogen and oxygen atoms in total. The van der Waals surface area contributed by atoms with Gasteiger partial charge in [-0.2, -0.15) is 5.10 Å². The normalized spacial score (nSPS) is 18.3. The average molecular weight is 467 g/mol. The Morgan fingerprint density at radius 2 is 1.94 bits per heavy atom. The third-order valence-corrected chi connectivity index (χ3v) is 5.76. The highest BCUT2D eigenvalue weighted by Crippen LogP contribution is 2.29. The van der Waals surface area contributed by atoms with E-state index in [0.29, 0.717) is 29.1 Å². The molecule has 0 aliphatic carbocycles. The molecule has 1 amide bonds. The van der Waals surface area contributed by atoms with Crippen molar-refractivity contribution in [1.82, 2.24) is 20.4 Å². The lowest BCUT2D eigenvalue weighted by Crippen LogP contribution is -2.50. The average Bonchev–Trinajstić information content (AvgIpc) is 3.08. The summed E-state index contributed by atoms with van der Waals surface area (Å²) in [6, 6.07) is 10.8. The van der Waals surface area contributed by atoms with Gasteiger partial charge < -0.3 is 10.6 Å².